The summed E-state index contributed by atoms with van der Waals surface area (Å²) in [6.07, 6.45) is 1.40. The van der Waals surface area contributed by atoms with Crippen molar-refractivity contribution in [1.82, 2.24) is 15.3 Å². The van der Waals surface area contributed by atoms with Gasteiger partial charge in [0.2, 0.25) is 5.75 Å². The number of rotatable bonds is 7. The van der Waals surface area contributed by atoms with Crippen LogP contribution in [0.2, 0.25) is 0 Å². The maximum absolute atomic E-state index is 13.1. The Balaban J connectivity index is 1.76. The number of ether oxygens (including phenoxy) is 3. The summed E-state index contributed by atoms with van der Waals surface area (Å²) in [6.45, 7) is 0.187. The van der Waals surface area contributed by atoms with E-state index in [4.69, 9.17) is 14.2 Å². The lowest BCUT2D eigenvalue weighted by Crippen LogP contribution is -2.23. The van der Waals surface area contributed by atoms with Crippen molar-refractivity contribution in [2.24, 2.45) is 0 Å². The maximum Gasteiger partial charge on any atom is 0.251 e. The van der Waals surface area contributed by atoms with Crippen molar-refractivity contribution in [2.75, 3.05) is 21.3 Å². The molecule has 0 aliphatic heterocycles. The van der Waals surface area contributed by atoms with Gasteiger partial charge in [-0.1, -0.05) is 0 Å². The van der Waals surface area contributed by atoms with Crippen LogP contribution in [-0.4, -0.2) is 37.2 Å². The average molecular weight is 397 g/mol. The van der Waals surface area contributed by atoms with Crippen LogP contribution in [0.4, 0.5) is 4.39 Å². The fraction of sp³-hybridized carbons (Fsp3) is 0.190. The maximum atomic E-state index is 13.1. The molecule has 0 radical (unpaired) electrons. The molecule has 1 aromatic heterocycles. The lowest BCUT2D eigenvalue weighted by molar-refractivity contribution is 0.0949. The van der Waals surface area contributed by atoms with E-state index in [0.29, 0.717) is 34.2 Å². The minimum absolute atomic E-state index is 0.187. The Hall–Kier alpha value is -3.68. The van der Waals surface area contributed by atoms with Crippen molar-refractivity contribution in [3.8, 4) is 28.5 Å². The number of amides is 1. The van der Waals surface area contributed by atoms with Crippen LogP contribution >= 0.6 is 0 Å². The number of nitrogens with one attached hydrogen (secondary N) is 1. The van der Waals surface area contributed by atoms with Gasteiger partial charge in [-0.3, -0.25) is 4.79 Å². The zero-order chi connectivity index (χ0) is 20.8. The molecule has 0 atom stereocenters. The Morgan fingerprint density at radius 1 is 0.966 bits per heavy atom. The molecule has 1 N–H and O–H groups in total. The van der Waals surface area contributed by atoms with Crippen molar-refractivity contribution in [1.29, 1.82) is 0 Å². The molecule has 150 valence electrons. The number of carbonyl (C=O) groups excluding carboxylic acids is 1. The van der Waals surface area contributed by atoms with E-state index >= 15 is 0 Å². The number of nitrogens with zero attached hydrogens (tertiary/aromatic N) is 2. The Kier molecular flexibility index (Phi) is 6.23. The molecule has 2 aromatic carbocycles. The van der Waals surface area contributed by atoms with Crippen molar-refractivity contribution < 1.29 is 23.4 Å². The van der Waals surface area contributed by atoms with Gasteiger partial charge in [-0.25, -0.2) is 14.4 Å². The first-order valence-electron chi connectivity index (χ1n) is 8.70. The third-order valence-corrected chi connectivity index (χ3v) is 4.22. The van der Waals surface area contributed by atoms with Gasteiger partial charge >= 0.3 is 0 Å². The van der Waals surface area contributed by atoms with Gasteiger partial charge in [0.15, 0.2) is 11.5 Å². The van der Waals surface area contributed by atoms with Crippen LogP contribution in [0.25, 0.3) is 11.3 Å². The van der Waals surface area contributed by atoms with E-state index in [1.54, 1.807) is 30.3 Å². The van der Waals surface area contributed by atoms with E-state index < -0.39 is 0 Å². The molecule has 0 aliphatic carbocycles. The number of carbonyl (C=O) groups is 1. The van der Waals surface area contributed by atoms with Crippen molar-refractivity contribution >= 4 is 5.91 Å². The molecule has 3 aromatic rings. The Labute approximate surface area is 167 Å². The highest BCUT2D eigenvalue weighted by atomic mass is 19.1. The Morgan fingerprint density at radius 3 is 2.21 bits per heavy atom. The highest BCUT2D eigenvalue weighted by Gasteiger charge is 2.17. The first kappa shape index (κ1) is 20.1. The predicted octanol–water partition coefficient (Wildman–Crippen LogP) is 3.24. The summed E-state index contributed by atoms with van der Waals surface area (Å²) in [5.74, 6) is 0.536. The second-order valence-electron chi connectivity index (χ2n) is 6.00. The third-order valence-electron chi connectivity index (χ3n) is 4.22. The second-order valence-corrected chi connectivity index (χ2v) is 6.00. The molecular weight excluding hydrogens is 377 g/mol. The van der Waals surface area contributed by atoms with Gasteiger partial charge < -0.3 is 19.5 Å². The average Bonchev–Trinajstić information content (AvgIpc) is 2.77. The third kappa shape index (κ3) is 4.60. The Bertz CT molecular complexity index is 984. The number of hydrogen-bond acceptors (Lipinski definition) is 6. The van der Waals surface area contributed by atoms with Crippen LogP contribution in [0, 0.1) is 5.82 Å². The fourth-order valence-electron chi connectivity index (χ4n) is 2.76. The molecule has 8 heteroatoms. The van der Waals surface area contributed by atoms with Gasteiger partial charge in [-0.05, 0) is 42.5 Å². The molecule has 3 rings (SSSR count). The quantitative estimate of drug-likeness (QED) is 0.659. The van der Waals surface area contributed by atoms with Crippen LogP contribution in [0.5, 0.6) is 17.2 Å². The van der Waals surface area contributed by atoms with E-state index in [1.165, 1.54) is 39.8 Å². The summed E-state index contributed by atoms with van der Waals surface area (Å²) in [4.78, 5) is 21.0. The van der Waals surface area contributed by atoms with E-state index in [2.05, 4.69) is 15.3 Å². The minimum atomic E-state index is -0.328. The molecule has 0 fully saturated rings. The monoisotopic (exact) mass is 397 g/mol. The van der Waals surface area contributed by atoms with Gasteiger partial charge in [-0.15, -0.1) is 0 Å². The SMILES string of the molecule is COc1cc(C(=O)NCc2cc(-c3ccc(F)cc3)ncn2)cc(OC)c1OC. The minimum Gasteiger partial charge on any atom is -0.493 e. The molecule has 0 bridgehead atoms. The number of methoxy groups -OCH3 is 3. The summed E-state index contributed by atoms with van der Waals surface area (Å²) in [5, 5.41) is 2.80. The number of hydrogen-bond donors (Lipinski definition) is 1. The second kappa shape index (κ2) is 9.01. The standard InChI is InChI=1S/C21H20FN3O4/c1-27-18-8-14(9-19(28-2)20(18)29-3)21(26)23-11-16-10-17(25-12-24-16)13-4-6-15(22)7-5-13/h4-10,12H,11H2,1-3H3,(H,23,26). The molecule has 1 amide bonds. The van der Waals surface area contributed by atoms with Gasteiger partial charge in [-0.2, -0.15) is 0 Å². The fourth-order valence-corrected chi connectivity index (χ4v) is 2.76. The van der Waals surface area contributed by atoms with Crippen LogP contribution in [-0.2, 0) is 6.54 Å². The zero-order valence-electron chi connectivity index (χ0n) is 16.2. The summed E-state index contributed by atoms with van der Waals surface area (Å²) in [7, 11) is 4.46. The van der Waals surface area contributed by atoms with E-state index in [-0.39, 0.29) is 18.3 Å². The lowest BCUT2D eigenvalue weighted by Gasteiger charge is -2.14. The number of benzene rings is 2. The molecule has 0 spiro atoms. The highest BCUT2D eigenvalue weighted by molar-refractivity contribution is 5.95. The molecule has 0 aliphatic rings. The molecule has 1 heterocycles. The summed E-state index contributed by atoms with van der Waals surface area (Å²) in [6, 6.07) is 10.9. The number of halogens is 1. The van der Waals surface area contributed by atoms with Crippen LogP contribution in [0.3, 0.4) is 0 Å². The largest absolute Gasteiger partial charge is 0.493 e. The highest BCUT2D eigenvalue weighted by Crippen LogP contribution is 2.38. The van der Waals surface area contributed by atoms with E-state index in [9.17, 15) is 9.18 Å². The molecule has 0 saturated heterocycles. The summed E-state index contributed by atoms with van der Waals surface area (Å²) < 4.78 is 28.9. The van der Waals surface area contributed by atoms with Crippen molar-refractivity contribution in [3.63, 3.8) is 0 Å². The van der Waals surface area contributed by atoms with Crippen LogP contribution in [0.1, 0.15) is 16.1 Å². The van der Waals surface area contributed by atoms with E-state index in [1.807, 2.05) is 0 Å². The zero-order valence-corrected chi connectivity index (χ0v) is 16.2. The molecule has 0 unspecified atom stereocenters. The lowest BCUT2D eigenvalue weighted by atomic mass is 10.1. The topological polar surface area (TPSA) is 82.6 Å². The van der Waals surface area contributed by atoms with Crippen molar-refractivity contribution in [3.05, 3.63) is 65.9 Å². The van der Waals surface area contributed by atoms with Crippen LogP contribution in [0.15, 0.2) is 48.8 Å². The summed E-state index contributed by atoms with van der Waals surface area (Å²) >= 11 is 0. The Morgan fingerprint density at radius 2 is 1.62 bits per heavy atom. The van der Waals surface area contributed by atoms with E-state index in [0.717, 1.165) is 5.56 Å². The van der Waals surface area contributed by atoms with Crippen molar-refractivity contribution in [2.45, 2.75) is 6.54 Å². The summed E-state index contributed by atoms with van der Waals surface area (Å²) in [5.41, 5.74) is 2.36. The first-order valence-corrected chi connectivity index (χ1v) is 8.70. The number of aromatic nitrogens is 2. The predicted molar refractivity (Wildman–Crippen MR) is 105 cm³/mol. The normalized spacial score (nSPS) is 10.3. The first-order chi connectivity index (χ1) is 14.0. The smallest absolute Gasteiger partial charge is 0.251 e. The van der Waals surface area contributed by atoms with Gasteiger partial charge in [0.25, 0.3) is 5.91 Å². The molecule has 7 nitrogen and oxygen atoms in total. The van der Waals surface area contributed by atoms with Gasteiger partial charge in [0, 0.05) is 11.1 Å². The van der Waals surface area contributed by atoms with Gasteiger partial charge in [0.1, 0.15) is 12.1 Å². The van der Waals surface area contributed by atoms with Gasteiger partial charge in [0.05, 0.1) is 39.3 Å². The molecular formula is C21H20FN3O4. The molecule has 29 heavy (non-hydrogen) atoms. The van der Waals surface area contributed by atoms with Crippen LogP contribution < -0.4 is 19.5 Å². The molecule has 0 saturated carbocycles.